The zero-order valence-electron chi connectivity index (χ0n) is 9.76. The van der Waals surface area contributed by atoms with Gasteiger partial charge in [-0.2, -0.15) is 0 Å². The molecule has 0 aromatic carbocycles. The Balaban J connectivity index is 2.17. The van der Waals surface area contributed by atoms with Gasteiger partial charge in [0.1, 0.15) is 0 Å². The van der Waals surface area contributed by atoms with Crippen LogP contribution in [0.15, 0.2) is 41.1 Å². The van der Waals surface area contributed by atoms with E-state index in [-0.39, 0.29) is 12.4 Å². The number of carbonyl (C=O) groups is 1. The number of halogens is 1. The van der Waals surface area contributed by atoms with Gasteiger partial charge in [-0.05, 0) is 39.7 Å². The van der Waals surface area contributed by atoms with Gasteiger partial charge in [0, 0.05) is 16.9 Å². The van der Waals surface area contributed by atoms with Gasteiger partial charge < -0.3 is 4.74 Å². The molecule has 2 aromatic heterocycles. The lowest BCUT2D eigenvalue weighted by Crippen LogP contribution is -2.04. The Hall–Kier alpha value is -1.75. The number of aromatic nitrogens is 2. The Labute approximate surface area is 113 Å². The maximum Gasteiger partial charge on any atom is 0.310 e. The topological polar surface area (TPSA) is 52.1 Å². The molecule has 0 unspecified atom stereocenters. The largest absolute Gasteiger partial charge is 0.469 e. The summed E-state index contributed by atoms with van der Waals surface area (Å²) >= 11 is 3.33. The Bertz CT molecular complexity index is 538. The van der Waals surface area contributed by atoms with Crippen LogP contribution in [0, 0.1) is 0 Å². The summed E-state index contributed by atoms with van der Waals surface area (Å²) < 4.78 is 5.52. The van der Waals surface area contributed by atoms with E-state index in [1.807, 2.05) is 24.3 Å². The minimum Gasteiger partial charge on any atom is -0.469 e. The number of hydrogen-bond donors (Lipinski definition) is 0. The van der Waals surface area contributed by atoms with Crippen LogP contribution in [0.1, 0.15) is 5.56 Å². The molecule has 0 aliphatic carbocycles. The van der Waals surface area contributed by atoms with E-state index in [2.05, 4.69) is 30.6 Å². The summed E-state index contributed by atoms with van der Waals surface area (Å²) in [4.78, 5) is 19.6. The van der Waals surface area contributed by atoms with Crippen molar-refractivity contribution in [2.45, 2.75) is 6.42 Å². The van der Waals surface area contributed by atoms with Crippen LogP contribution in [0.2, 0.25) is 0 Å². The number of nitrogens with zero attached hydrogens (tertiary/aromatic N) is 2. The molecule has 5 heteroatoms. The van der Waals surface area contributed by atoms with Gasteiger partial charge >= 0.3 is 5.97 Å². The van der Waals surface area contributed by atoms with E-state index in [1.165, 1.54) is 7.11 Å². The molecule has 0 amide bonds. The van der Waals surface area contributed by atoms with Crippen molar-refractivity contribution in [1.29, 1.82) is 0 Å². The Kier molecular flexibility index (Phi) is 4.04. The van der Waals surface area contributed by atoms with Gasteiger partial charge in [-0.3, -0.25) is 14.8 Å². The first-order chi connectivity index (χ1) is 8.69. The van der Waals surface area contributed by atoms with E-state index >= 15 is 0 Å². The molecule has 4 nitrogen and oxygen atoms in total. The van der Waals surface area contributed by atoms with Crippen molar-refractivity contribution in [2.24, 2.45) is 0 Å². The highest BCUT2D eigenvalue weighted by atomic mass is 79.9. The fraction of sp³-hybridized carbons (Fsp3) is 0.154. The number of pyridine rings is 2. The summed E-state index contributed by atoms with van der Waals surface area (Å²) in [5, 5.41) is 0. The van der Waals surface area contributed by atoms with Gasteiger partial charge in [0.05, 0.1) is 24.9 Å². The molecule has 2 rings (SSSR count). The van der Waals surface area contributed by atoms with Crippen molar-refractivity contribution in [3.63, 3.8) is 0 Å². The summed E-state index contributed by atoms with van der Waals surface area (Å²) in [6, 6.07) is 7.48. The van der Waals surface area contributed by atoms with E-state index in [4.69, 9.17) is 0 Å². The van der Waals surface area contributed by atoms with Crippen molar-refractivity contribution in [3.8, 4) is 11.4 Å². The molecule has 0 fully saturated rings. The molecular weight excluding hydrogens is 296 g/mol. The van der Waals surface area contributed by atoms with E-state index in [9.17, 15) is 4.79 Å². The summed E-state index contributed by atoms with van der Waals surface area (Å²) in [5.41, 5.74) is 2.39. The SMILES string of the molecule is COC(=O)Cc1ccc(-c2ccc(Br)cn2)nc1. The van der Waals surface area contributed by atoms with Crippen molar-refractivity contribution in [2.75, 3.05) is 7.11 Å². The normalized spacial score (nSPS) is 10.1. The van der Waals surface area contributed by atoms with Crippen molar-refractivity contribution in [1.82, 2.24) is 9.97 Å². The lowest BCUT2D eigenvalue weighted by atomic mass is 10.1. The number of methoxy groups -OCH3 is 1. The molecular formula is C13H11BrN2O2. The van der Waals surface area contributed by atoms with E-state index < -0.39 is 0 Å². The number of esters is 1. The standard InChI is InChI=1S/C13H11BrN2O2/c1-18-13(17)6-9-2-4-11(15-7-9)12-5-3-10(14)8-16-12/h2-5,7-8H,6H2,1H3. The number of carbonyl (C=O) groups excluding carboxylic acids is 1. The van der Waals surface area contributed by atoms with Crippen molar-refractivity contribution >= 4 is 21.9 Å². The molecule has 2 aromatic rings. The molecule has 0 N–H and O–H groups in total. The summed E-state index contributed by atoms with van der Waals surface area (Å²) in [7, 11) is 1.37. The summed E-state index contributed by atoms with van der Waals surface area (Å²) in [6.07, 6.45) is 3.62. The van der Waals surface area contributed by atoms with Crippen LogP contribution in [-0.4, -0.2) is 23.0 Å². The smallest absolute Gasteiger partial charge is 0.310 e. The highest BCUT2D eigenvalue weighted by molar-refractivity contribution is 9.10. The maximum atomic E-state index is 11.1. The van der Waals surface area contributed by atoms with Crippen LogP contribution in [0.4, 0.5) is 0 Å². The Morgan fingerprint density at radius 1 is 1.17 bits per heavy atom. The average Bonchev–Trinajstić information content (AvgIpc) is 2.40. The van der Waals surface area contributed by atoms with Gasteiger partial charge in [-0.15, -0.1) is 0 Å². The molecule has 0 bridgehead atoms. The summed E-state index contributed by atoms with van der Waals surface area (Å²) in [5.74, 6) is -0.272. The molecule has 0 saturated heterocycles. The van der Waals surface area contributed by atoms with Crippen molar-refractivity contribution in [3.05, 3.63) is 46.7 Å². The second-order valence-corrected chi connectivity index (χ2v) is 4.58. The van der Waals surface area contributed by atoms with E-state index in [0.717, 1.165) is 21.4 Å². The molecule has 0 aliphatic rings. The lowest BCUT2D eigenvalue weighted by molar-refractivity contribution is -0.139. The van der Waals surface area contributed by atoms with Gasteiger partial charge in [-0.25, -0.2) is 0 Å². The second-order valence-electron chi connectivity index (χ2n) is 3.67. The molecule has 0 atom stereocenters. The van der Waals surface area contributed by atoms with Gasteiger partial charge in [0.2, 0.25) is 0 Å². The van der Waals surface area contributed by atoms with Crippen LogP contribution in [0.3, 0.4) is 0 Å². The number of hydrogen-bond acceptors (Lipinski definition) is 4. The highest BCUT2D eigenvalue weighted by Crippen LogP contribution is 2.17. The molecule has 0 spiro atoms. The fourth-order valence-electron chi connectivity index (χ4n) is 1.45. The van der Waals surface area contributed by atoms with Crippen LogP contribution in [0.5, 0.6) is 0 Å². The molecule has 18 heavy (non-hydrogen) atoms. The number of rotatable bonds is 3. The van der Waals surface area contributed by atoms with Gasteiger partial charge in [0.15, 0.2) is 0 Å². The average molecular weight is 307 g/mol. The first kappa shape index (κ1) is 12.7. The molecule has 0 radical (unpaired) electrons. The number of ether oxygens (including phenoxy) is 1. The fourth-order valence-corrected chi connectivity index (χ4v) is 1.68. The minimum atomic E-state index is -0.272. The first-order valence-electron chi connectivity index (χ1n) is 5.32. The third-order valence-electron chi connectivity index (χ3n) is 2.39. The van der Waals surface area contributed by atoms with Crippen LogP contribution in [-0.2, 0) is 16.0 Å². The van der Waals surface area contributed by atoms with Crippen LogP contribution < -0.4 is 0 Å². The molecule has 0 saturated carbocycles. The second kappa shape index (κ2) is 5.73. The third kappa shape index (κ3) is 3.13. The predicted molar refractivity (Wildman–Crippen MR) is 70.9 cm³/mol. The van der Waals surface area contributed by atoms with Gasteiger partial charge in [-0.1, -0.05) is 6.07 Å². The first-order valence-corrected chi connectivity index (χ1v) is 6.12. The molecule has 0 aliphatic heterocycles. The minimum absolute atomic E-state index is 0.234. The molecule has 2 heterocycles. The van der Waals surface area contributed by atoms with Crippen molar-refractivity contribution < 1.29 is 9.53 Å². The lowest BCUT2D eigenvalue weighted by Gasteiger charge is -2.02. The zero-order chi connectivity index (χ0) is 13.0. The Morgan fingerprint density at radius 2 is 1.83 bits per heavy atom. The predicted octanol–water partition coefficient (Wildman–Crippen LogP) is 2.62. The quantitative estimate of drug-likeness (QED) is 0.818. The van der Waals surface area contributed by atoms with Crippen LogP contribution >= 0.6 is 15.9 Å². The monoisotopic (exact) mass is 306 g/mol. The van der Waals surface area contributed by atoms with Crippen LogP contribution in [0.25, 0.3) is 11.4 Å². The van der Waals surface area contributed by atoms with Gasteiger partial charge in [0.25, 0.3) is 0 Å². The Morgan fingerprint density at radius 3 is 2.33 bits per heavy atom. The van der Waals surface area contributed by atoms with E-state index in [1.54, 1.807) is 12.4 Å². The molecule has 92 valence electrons. The summed E-state index contributed by atoms with van der Waals surface area (Å²) in [6.45, 7) is 0. The van der Waals surface area contributed by atoms with E-state index in [0.29, 0.717) is 0 Å². The maximum absolute atomic E-state index is 11.1. The third-order valence-corrected chi connectivity index (χ3v) is 2.86. The highest BCUT2D eigenvalue weighted by Gasteiger charge is 2.05. The zero-order valence-corrected chi connectivity index (χ0v) is 11.3.